The first-order chi connectivity index (χ1) is 12.4. The van der Waals surface area contributed by atoms with Crippen LogP contribution in [0.15, 0.2) is 0 Å². The van der Waals surface area contributed by atoms with Crippen LogP contribution in [0, 0.1) is 5.92 Å². The second-order valence-electron chi connectivity index (χ2n) is 8.46. The maximum atomic E-state index is 12.3. The number of hydrogen-bond donors (Lipinski definition) is 1. The van der Waals surface area contributed by atoms with Crippen molar-refractivity contribution in [2.24, 2.45) is 5.92 Å². The van der Waals surface area contributed by atoms with Gasteiger partial charge in [-0.25, -0.2) is 4.79 Å². The monoisotopic (exact) mass is 365 g/mol. The second kappa shape index (κ2) is 7.75. The Morgan fingerprint density at radius 3 is 2.42 bits per heavy atom. The van der Waals surface area contributed by atoms with Crippen LogP contribution in [-0.2, 0) is 4.79 Å². The fourth-order valence-electron chi connectivity index (χ4n) is 5.68. The van der Waals surface area contributed by atoms with Gasteiger partial charge in [0, 0.05) is 50.2 Å². The van der Waals surface area contributed by atoms with Gasteiger partial charge in [-0.3, -0.25) is 14.6 Å². The van der Waals surface area contributed by atoms with Gasteiger partial charge in [0.25, 0.3) is 0 Å². The van der Waals surface area contributed by atoms with Gasteiger partial charge >= 0.3 is 6.09 Å². The van der Waals surface area contributed by atoms with Crippen molar-refractivity contribution >= 4 is 12.0 Å². The van der Waals surface area contributed by atoms with Crippen molar-refractivity contribution in [3.63, 3.8) is 0 Å². The van der Waals surface area contributed by atoms with Crippen molar-refractivity contribution in [3.8, 4) is 0 Å². The molecule has 2 amide bonds. The molecule has 1 N–H and O–H groups in total. The molecule has 0 saturated carbocycles. The van der Waals surface area contributed by atoms with Gasteiger partial charge in [0.2, 0.25) is 5.91 Å². The molecule has 3 atom stereocenters. The van der Waals surface area contributed by atoms with Gasteiger partial charge in [-0.15, -0.1) is 0 Å². The lowest BCUT2D eigenvalue weighted by Gasteiger charge is -2.59. The van der Waals surface area contributed by atoms with Gasteiger partial charge in [0.1, 0.15) is 0 Å². The molecular weight excluding hydrogens is 330 g/mol. The number of fused-ring (bicyclic) bond motifs is 2. The minimum Gasteiger partial charge on any atom is -0.465 e. The van der Waals surface area contributed by atoms with Crippen LogP contribution in [0.2, 0.25) is 0 Å². The molecule has 2 bridgehead atoms. The molecule has 6 heteroatoms. The topological polar surface area (TPSA) is 64.1 Å². The zero-order valence-electron chi connectivity index (χ0n) is 16.6. The van der Waals surface area contributed by atoms with Crippen molar-refractivity contribution in [1.29, 1.82) is 0 Å². The summed E-state index contributed by atoms with van der Waals surface area (Å²) in [6.07, 6.45) is 5.91. The summed E-state index contributed by atoms with van der Waals surface area (Å²) in [5.74, 6) is 0.750. The molecule has 0 aliphatic carbocycles. The van der Waals surface area contributed by atoms with Gasteiger partial charge in [-0.1, -0.05) is 6.92 Å². The van der Waals surface area contributed by atoms with Crippen molar-refractivity contribution in [1.82, 2.24) is 14.7 Å². The van der Waals surface area contributed by atoms with Crippen LogP contribution in [0.3, 0.4) is 0 Å². The maximum Gasteiger partial charge on any atom is 0.408 e. The summed E-state index contributed by atoms with van der Waals surface area (Å²) in [4.78, 5) is 30.4. The fourth-order valence-corrected chi connectivity index (χ4v) is 5.68. The molecular formula is C20H35N3O3. The lowest BCUT2D eigenvalue weighted by molar-refractivity contribution is -0.134. The van der Waals surface area contributed by atoms with Gasteiger partial charge in [-0.2, -0.15) is 0 Å². The smallest absolute Gasteiger partial charge is 0.408 e. The van der Waals surface area contributed by atoms with Crippen LogP contribution in [0.1, 0.15) is 65.7 Å². The number of amides is 2. The molecule has 3 heterocycles. The Morgan fingerprint density at radius 1 is 1.15 bits per heavy atom. The van der Waals surface area contributed by atoms with E-state index >= 15 is 0 Å². The molecule has 26 heavy (non-hydrogen) atoms. The van der Waals surface area contributed by atoms with Crippen molar-refractivity contribution in [2.45, 2.75) is 83.3 Å². The molecule has 3 rings (SSSR count). The summed E-state index contributed by atoms with van der Waals surface area (Å²) in [5, 5.41) is 9.75. The number of nitrogens with zero attached hydrogens (tertiary/aromatic N) is 3. The lowest BCUT2D eigenvalue weighted by atomic mass is 9.70. The van der Waals surface area contributed by atoms with E-state index in [2.05, 4.69) is 11.8 Å². The average molecular weight is 366 g/mol. The number of hydrogen-bond acceptors (Lipinski definition) is 3. The van der Waals surface area contributed by atoms with Gasteiger partial charge < -0.3 is 10.0 Å². The lowest BCUT2D eigenvalue weighted by Crippen LogP contribution is -2.67. The minimum absolute atomic E-state index is 0.167. The standard InChI is InChI=1S/C20H35N3O3/c1-4-20-9-7-8-16(23(20)19(25)26)11-17(12-20)22-13-15(14-22)10-18(24)21(5-2)6-3/h15-17H,4-14H2,1-3H3,(H,25,26). The fraction of sp³-hybridized carbons (Fsp3) is 0.900. The first kappa shape index (κ1) is 19.5. The summed E-state index contributed by atoms with van der Waals surface area (Å²) in [6.45, 7) is 9.79. The Balaban J connectivity index is 1.58. The number of carboxylic acid groups (broad SMARTS) is 1. The van der Waals surface area contributed by atoms with E-state index < -0.39 is 6.09 Å². The average Bonchev–Trinajstić information content (AvgIpc) is 2.57. The third kappa shape index (κ3) is 3.45. The predicted molar refractivity (Wildman–Crippen MR) is 101 cm³/mol. The van der Waals surface area contributed by atoms with E-state index in [1.165, 1.54) is 0 Å². The molecule has 6 nitrogen and oxygen atoms in total. The van der Waals surface area contributed by atoms with Crippen LogP contribution >= 0.6 is 0 Å². The highest BCUT2D eigenvalue weighted by atomic mass is 16.4. The number of likely N-dealkylation sites (tertiary alicyclic amines) is 1. The van der Waals surface area contributed by atoms with Gasteiger partial charge in [-0.05, 0) is 58.3 Å². The van der Waals surface area contributed by atoms with Crippen LogP contribution in [-0.4, -0.2) is 75.6 Å². The number of rotatable bonds is 6. The molecule has 148 valence electrons. The summed E-state index contributed by atoms with van der Waals surface area (Å²) in [5.41, 5.74) is -0.167. The molecule has 0 aromatic heterocycles. The van der Waals surface area contributed by atoms with Crippen LogP contribution in [0.25, 0.3) is 0 Å². The Hall–Kier alpha value is -1.30. The SMILES string of the molecule is CCN(CC)C(=O)CC1CN(C2CC3CCCC(CC)(C2)N3C(=O)O)C1. The molecule has 0 aromatic carbocycles. The van der Waals surface area contributed by atoms with E-state index in [0.717, 1.165) is 64.7 Å². The number of carbonyl (C=O) groups is 2. The first-order valence-corrected chi connectivity index (χ1v) is 10.5. The quantitative estimate of drug-likeness (QED) is 0.786. The third-order valence-electron chi connectivity index (χ3n) is 7.16. The molecule has 3 aliphatic heterocycles. The van der Waals surface area contributed by atoms with E-state index in [1.807, 2.05) is 18.7 Å². The van der Waals surface area contributed by atoms with E-state index in [1.54, 1.807) is 4.90 Å². The molecule has 3 unspecified atom stereocenters. The Bertz CT molecular complexity index is 530. The molecule has 0 spiro atoms. The molecule has 0 aromatic rings. The zero-order chi connectivity index (χ0) is 18.9. The van der Waals surface area contributed by atoms with Crippen molar-refractivity contribution in [3.05, 3.63) is 0 Å². The Labute approximate surface area is 157 Å². The second-order valence-corrected chi connectivity index (χ2v) is 8.46. The minimum atomic E-state index is -0.735. The predicted octanol–water partition coefficient (Wildman–Crippen LogP) is 3.02. The number of carbonyl (C=O) groups excluding carboxylic acids is 1. The summed E-state index contributed by atoms with van der Waals surface area (Å²) in [6, 6.07) is 0.659. The largest absolute Gasteiger partial charge is 0.465 e. The van der Waals surface area contributed by atoms with Crippen LogP contribution in [0.4, 0.5) is 4.79 Å². The van der Waals surface area contributed by atoms with E-state index in [9.17, 15) is 14.7 Å². The van der Waals surface area contributed by atoms with E-state index in [-0.39, 0.29) is 17.5 Å². The highest BCUT2D eigenvalue weighted by molar-refractivity contribution is 5.76. The third-order valence-corrected chi connectivity index (χ3v) is 7.16. The van der Waals surface area contributed by atoms with Crippen molar-refractivity contribution < 1.29 is 14.7 Å². The number of piperidine rings is 2. The summed E-state index contributed by atoms with van der Waals surface area (Å²) < 4.78 is 0. The van der Waals surface area contributed by atoms with Gasteiger partial charge in [0.15, 0.2) is 0 Å². The van der Waals surface area contributed by atoms with Crippen molar-refractivity contribution in [2.75, 3.05) is 26.2 Å². The molecule has 3 fully saturated rings. The highest BCUT2D eigenvalue weighted by Crippen LogP contribution is 2.46. The summed E-state index contributed by atoms with van der Waals surface area (Å²) in [7, 11) is 0. The first-order valence-electron chi connectivity index (χ1n) is 10.5. The molecule has 3 aliphatic rings. The zero-order valence-corrected chi connectivity index (χ0v) is 16.6. The maximum absolute atomic E-state index is 12.3. The Morgan fingerprint density at radius 2 is 1.85 bits per heavy atom. The molecule has 3 saturated heterocycles. The van der Waals surface area contributed by atoms with Gasteiger partial charge in [0.05, 0.1) is 0 Å². The summed E-state index contributed by atoms with van der Waals surface area (Å²) >= 11 is 0. The van der Waals surface area contributed by atoms with Crippen LogP contribution in [0.5, 0.6) is 0 Å². The molecule has 0 radical (unpaired) electrons. The Kier molecular flexibility index (Phi) is 5.80. The highest BCUT2D eigenvalue weighted by Gasteiger charge is 2.52. The normalized spacial score (nSPS) is 32.2. The van der Waals surface area contributed by atoms with E-state index in [0.29, 0.717) is 18.4 Å². The van der Waals surface area contributed by atoms with Crippen LogP contribution < -0.4 is 0 Å². The van der Waals surface area contributed by atoms with E-state index in [4.69, 9.17) is 0 Å².